The summed E-state index contributed by atoms with van der Waals surface area (Å²) in [6.07, 6.45) is 9.85. The molecule has 0 amide bonds. The van der Waals surface area contributed by atoms with Gasteiger partial charge in [0.05, 0.1) is 11.0 Å². The number of unbranched alkanes of at least 4 members (excludes halogenated alkanes) is 1. The molecule has 1 fully saturated rings. The quantitative estimate of drug-likeness (QED) is 0.580. The van der Waals surface area contributed by atoms with Crippen LogP contribution in [0.2, 0.25) is 0 Å². The molecule has 2 atom stereocenters. The number of sulfone groups is 1. The topological polar surface area (TPSA) is 60.2 Å². The highest BCUT2D eigenvalue weighted by Gasteiger charge is 2.33. The van der Waals surface area contributed by atoms with E-state index >= 15 is 0 Å². The second kappa shape index (κ2) is 5.53. The van der Waals surface area contributed by atoms with Crippen LogP contribution in [0.3, 0.4) is 0 Å². The zero-order chi connectivity index (χ0) is 11.3. The van der Waals surface area contributed by atoms with Crippen LogP contribution in [0.15, 0.2) is 0 Å². The van der Waals surface area contributed by atoms with E-state index in [0.29, 0.717) is 18.6 Å². The Balaban J connectivity index is 2.50. The second-order valence-electron chi connectivity index (χ2n) is 4.16. The van der Waals surface area contributed by atoms with E-state index in [1.165, 1.54) is 0 Å². The van der Waals surface area contributed by atoms with Gasteiger partial charge in [0.2, 0.25) is 0 Å². The average molecular weight is 229 g/mol. The van der Waals surface area contributed by atoms with Crippen LogP contribution in [-0.4, -0.2) is 25.5 Å². The second-order valence-corrected chi connectivity index (χ2v) is 6.50. The molecule has 0 radical (unpaired) electrons. The van der Waals surface area contributed by atoms with Crippen LogP contribution in [0.25, 0.3) is 0 Å². The van der Waals surface area contributed by atoms with Crippen LogP contribution >= 0.6 is 0 Å². The highest BCUT2D eigenvalue weighted by atomic mass is 32.2. The molecule has 0 aliphatic carbocycles. The van der Waals surface area contributed by atoms with E-state index in [1.54, 1.807) is 0 Å². The molecule has 86 valence electrons. The van der Waals surface area contributed by atoms with Gasteiger partial charge in [0.25, 0.3) is 0 Å². The normalized spacial score (nSPS) is 26.8. The van der Waals surface area contributed by atoms with Gasteiger partial charge in [0, 0.05) is 12.5 Å². The minimum atomic E-state index is -2.94. The molecule has 2 unspecified atom stereocenters. The van der Waals surface area contributed by atoms with E-state index in [2.05, 4.69) is 5.92 Å². The summed E-state index contributed by atoms with van der Waals surface area (Å²) < 4.78 is 23.5. The molecule has 0 aromatic carbocycles. The van der Waals surface area contributed by atoms with Gasteiger partial charge in [-0.1, -0.05) is 6.42 Å². The van der Waals surface area contributed by atoms with Gasteiger partial charge in [-0.15, -0.1) is 12.3 Å². The Hall–Kier alpha value is -0.530. The van der Waals surface area contributed by atoms with Gasteiger partial charge in [-0.2, -0.15) is 0 Å². The first-order chi connectivity index (χ1) is 7.08. The molecule has 0 aromatic rings. The lowest BCUT2D eigenvalue weighted by molar-refractivity contribution is 0.475. The standard InChI is InChI=1S/C11H19NO2S/c1-2-3-4-7-10(12)11-8-5-6-9-15(11,13)14/h1,10-11H,3-9,12H2. The maximum atomic E-state index is 11.7. The van der Waals surface area contributed by atoms with Crippen molar-refractivity contribution in [2.45, 2.75) is 49.8 Å². The molecule has 1 saturated heterocycles. The van der Waals surface area contributed by atoms with Crippen molar-refractivity contribution in [2.24, 2.45) is 5.73 Å². The van der Waals surface area contributed by atoms with Crippen molar-refractivity contribution in [1.29, 1.82) is 0 Å². The largest absolute Gasteiger partial charge is 0.327 e. The van der Waals surface area contributed by atoms with Gasteiger partial charge in [-0.3, -0.25) is 0 Å². The monoisotopic (exact) mass is 229 g/mol. The lowest BCUT2D eigenvalue weighted by Gasteiger charge is -2.27. The number of hydrogen-bond donors (Lipinski definition) is 1. The van der Waals surface area contributed by atoms with Crippen LogP contribution in [0, 0.1) is 12.3 Å². The van der Waals surface area contributed by atoms with Gasteiger partial charge >= 0.3 is 0 Å². The fourth-order valence-corrected chi connectivity index (χ4v) is 4.19. The van der Waals surface area contributed by atoms with Crippen LogP contribution in [0.5, 0.6) is 0 Å². The Morgan fingerprint density at radius 2 is 2.20 bits per heavy atom. The van der Waals surface area contributed by atoms with Crippen molar-refractivity contribution in [3.8, 4) is 12.3 Å². The molecule has 4 heteroatoms. The summed E-state index contributed by atoms with van der Waals surface area (Å²) in [5.74, 6) is 2.85. The molecule has 0 aromatic heterocycles. The van der Waals surface area contributed by atoms with E-state index in [1.807, 2.05) is 0 Å². The maximum Gasteiger partial charge on any atom is 0.154 e. The molecule has 0 bridgehead atoms. The third-order valence-electron chi connectivity index (χ3n) is 2.96. The maximum absolute atomic E-state index is 11.7. The zero-order valence-electron chi connectivity index (χ0n) is 8.98. The SMILES string of the molecule is C#CCCCC(N)C1CCCCS1(=O)=O. The summed E-state index contributed by atoms with van der Waals surface area (Å²) >= 11 is 0. The molecule has 1 aliphatic heterocycles. The molecule has 0 spiro atoms. The molecule has 1 heterocycles. The summed E-state index contributed by atoms with van der Waals surface area (Å²) in [5.41, 5.74) is 5.92. The molecular formula is C11H19NO2S. The minimum absolute atomic E-state index is 0.233. The van der Waals surface area contributed by atoms with Gasteiger partial charge in [0.1, 0.15) is 0 Å². The summed E-state index contributed by atoms with van der Waals surface area (Å²) in [4.78, 5) is 0. The molecule has 3 nitrogen and oxygen atoms in total. The van der Waals surface area contributed by atoms with Crippen molar-refractivity contribution in [1.82, 2.24) is 0 Å². The van der Waals surface area contributed by atoms with Crippen LogP contribution < -0.4 is 5.73 Å². The number of rotatable bonds is 4. The third kappa shape index (κ3) is 3.51. The average Bonchev–Trinajstić information content (AvgIpc) is 2.17. The van der Waals surface area contributed by atoms with Crippen molar-refractivity contribution >= 4 is 9.84 Å². The van der Waals surface area contributed by atoms with Gasteiger partial charge in [-0.25, -0.2) is 8.42 Å². The molecule has 2 N–H and O–H groups in total. The number of terminal acetylenes is 1. The molecule has 0 saturated carbocycles. The van der Waals surface area contributed by atoms with Crippen LogP contribution in [0.1, 0.15) is 38.5 Å². The lowest BCUT2D eigenvalue weighted by atomic mass is 10.0. The van der Waals surface area contributed by atoms with E-state index < -0.39 is 9.84 Å². The first-order valence-corrected chi connectivity index (χ1v) is 7.20. The molecular weight excluding hydrogens is 210 g/mol. The van der Waals surface area contributed by atoms with Crippen molar-refractivity contribution < 1.29 is 8.42 Å². The predicted molar refractivity (Wildman–Crippen MR) is 62.1 cm³/mol. The van der Waals surface area contributed by atoms with E-state index in [4.69, 9.17) is 12.2 Å². The van der Waals surface area contributed by atoms with E-state index in [-0.39, 0.29) is 11.3 Å². The number of hydrogen-bond acceptors (Lipinski definition) is 3. The van der Waals surface area contributed by atoms with Gasteiger partial charge in [-0.05, 0) is 25.7 Å². The third-order valence-corrected chi connectivity index (χ3v) is 5.33. The highest BCUT2D eigenvalue weighted by Crippen LogP contribution is 2.23. The van der Waals surface area contributed by atoms with E-state index in [9.17, 15) is 8.42 Å². The summed E-state index contributed by atoms with van der Waals surface area (Å²) in [5, 5.41) is -0.330. The van der Waals surface area contributed by atoms with Crippen LogP contribution in [0.4, 0.5) is 0 Å². The minimum Gasteiger partial charge on any atom is -0.327 e. The zero-order valence-corrected chi connectivity index (χ0v) is 9.80. The molecule has 1 aliphatic rings. The lowest BCUT2D eigenvalue weighted by Crippen LogP contribution is -2.43. The number of nitrogens with two attached hydrogens (primary N) is 1. The summed E-state index contributed by atoms with van der Waals surface area (Å²) in [6, 6.07) is -0.233. The smallest absolute Gasteiger partial charge is 0.154 e. The first-order valence-electron chi connectivity index (χ1n) is 5.48. The Kier molecular flexibility index (Phi) is 4.62. The Labute approximate surface area is 92.3 Å². The highest BCUT2D eigenvalue weighted by molar-refractivity contribution is 7.92. The molecule has 1 rings (SSSR count). The van der Waals surface area contributed by atoms with E-state index in [0.717, 1.165) is 25.7 Å². The Bertz CT molecular complexity index is 329. The Morgan fingerprint density at radius 3 is 2.80 bits per heavy atom. The fourth-order valence-electron chi connectivity index (χ4n) is 2.09. The van der Waals surface area contributed by atoms with Gasteiger partial charge < -0.3 is 5.73 Å². The van der Waals surface area contributed by atoms with Crippen molar-refractivity contribution in [3.63, 3.8) is 0 Å². The Morgan fingerprint density at radius 1 is 1.47 bits per heavy atom. The summed E-state index contributed by atoms with van der Waals surface area (Å²) in [6.45, 7) is 0. The van der Waals surface area contributed by atoms with Crippen molar-refractivity contribution in [2.75, 3.05) is 5.75 Å². The summed E-state index contributed by atoms with van der Waals surface area (Å²) in [7, 11) is -2.94. The van der Waals surface area contributed by atoms with Crippen molar-refractivity contribution in [3.05, 3.63) is 0 Å². The van der Waals surface area contributed by atoms with Gasteiger partial charge in [0.15, 0.2) is 9.84 Å². The first kappa shape index (κ1) is 12.5. The van der Waals surface area contributed by atoms with Crippen LogP contribution in [-0.2, 0) is 9.84 Å². The molecule has 15 heavy (non-hydrogen) atoms. The predicted octanol–water partition coefficient (Wildman–Crippen LogP) is 1.08. The fraction of sp³-hybridized carbons (Fsp3) is 0.818.